The predicted molar refractivity (Wildman–Crippen MR) is 108 cm³/mol. The molecule has 4 aromatic rings. The molecule has 1 heterocycles. The summed E-state index contributed by atoms with van der Waals surface area (Å²) in [5.74, 6) is 0.493. The molecule has 1 aromatic heterocycles. The van der Waals surface area contributed by atoms with Gasteiger partial charge in [0.05, 0.1) is 0 Å². The van der Waals surface area contributed by atoms with Gasteiger partial charge in [0.25, 0.3) is 0 Å². The highest BCUT2D eigenvalue weighted by molar-refractivity contribution is 6.30. The van der Waals surface area contributed by atoms with Crippen LogP contribution in [0.2, 0.25) is 5.02 Å². The molecule has 140 valence electrons. The largest absolute Gasteiger partial charge is 0.418 e. The van der Waals surface area contributed by atoms with Crippen LogP contribution < -0.4 is 5.32 Å². The molecule has 0 saturated heterocycles. The van der Waals surface area contributed by atoms with Gasteiger partial charge >= 0.3 is 0 Å². The highest BCUT2D eigenvalue weighted by Crippen LogP contribution is 2.30. The van der Waals surface area contributed by atoms with Crippen LogP contribution in [0.1, 0.15) is 23.1 Å². The smallest absolute Gasteiger partial charge is 0.247 e. The number of anilines is 1. The third-order valence-electron chi connectivity index (χ3n) is 4.37. The van der Waals surface area contributed by atoms with Crippen molar-refractivity contribution in [1.29, 1.82) is 0 Å². The van der Waals surface area contributed by atoms with Gasteiger partial charge in [-0.25, -0.2) is 4.39 Å². The van der Waals surface area contributed by atoms with Crippen LogP contribution in [0.5, 0.6) is 0 Å². The first-order valence-corrected chi connectivity index (χ1v) is 9.15. The van der Waals surface area contributed by atoms with E-state index < -0.39 is 6.04 Å². The Kier molecular flexibility index (Phi) is 5.08. The fourth-order valence-electron chi connectivity index (χ4n) is 2.87. The Morgan fingerprint density at radius 3 is 2.54 bits per heavy atom. The van der Waals surface area contributed by atoms with Crippen LogP contribution in [-0.2, 0) is 0 Å². The van der Waals surface area contributed by atoms with Gasteiger partial charge in [-0.1, -0.05) is 48.0 Å². The Morgan fingerprint density at radius 2 is 1.79 bits per heavy atom. The Balaban J connectivity index is 1.73. The lowest BCUT2D eigenvalue weighted by atomic mass is 10.1. The average molecular weight is 394 g/mol. The molecule has 28 heavy (non-hydrogen) atoms. The zero-order valence-corrected chi connectivity index (χ0v) is 15.8. The highest BCUT2D eigenvalue weighted by atomic mass is 35.5. The first-order valence-electron chi connectivity index (χ1n) is 8.77. The van der Waals surface area contributed by atoms with E-state index in [2.05, 4.69) is 15.5 Å². The molecule has 3 aromatic carbocycles. The van der Waals surface area contributed by atoms with E-state index in [-0.39, 0.29) is 5.82 Å². The maximum atomic E-state index is 14.0. The second kappa shape index (κ2) is 7.82. The summed E-state index contributed by atoms with van der Waals surface area (Å²) in [5.41, 5.74) is 2.84. The predicted octanol–water partition coefficient (Wildman–Crippen LogP) is 6.04. The van der Waals surface area contributed by atoms with E-state index in [1.54, 1.807) is 19.1 Å². The lowest BCUT2D eigenvalue weighted by Crippen LogP contribution is -2.13. The Morgan fingerprint density at radius 1 is 0.964 bits per heavy atom. The molecule has 1 atom stereocenters. The van der Waals surface area contributed by atoms with Crippen LogP contribution in [0.4, 0.5) is 10.1 Å². The van der Waals surface area contributed by atoms with Crippen molar-refractivity contribution in [3.8, 4) is 11.5 Å². The van der Waals surface area contributed by atoms with Crippen LogP contribution in [0, 0.1) is 12.7 Å². The molecule has 0 amide bonds. The van der Waals surface area contributed by atoms with E-state index in [0.29, 0.717) is 28.1 Å². The summed E-state index contributed by atoms with van der Waals surface area (Å²) in [6.07, 6.45) is 0. The molecule has 0 aliphatic rings. The van der Waals surface area contributed by atoms with E-state index >= 15 is 0 Å². The van der Waals surface area contributed by atoms with E-state index in [0.717, 1.165) is 11.1 Å². The van der Waals surface area contributed by atoms with Crippen molar-refractivity contribution in [2.24, 2.45) is 0 Å². The van der Waals surface area contributed by atoms with Crippen molar-refractivity contribution < 1.29 is 8.81 Å². The molecule has 0 aliphatic heterocycles. The van der Waals surface area contributed by atoms with E-state index in [4.69, 9.17) is 16.0 Å². The summed E-state index contributed by atoms with van der Waals surface area (Å²) in [6.45, 7) is 1.72. The van der Waals surface area contributed by atoms with Crippen LogP contribution in [-0.4, -0.2) is 10.2 Å². The molecular formula is C22H17ClFN3O. The Hall–Kier alpha value is -3.18. The number of nitrogens with one attached hydrogen (secondary N) is 1. The number of hydrogen-bond donors (Lipinski definition) is 1. The second-order valence-corrected chi connectivity index (χ2v) is 6.84. The number of nitrogens with zero attached hydrogens (tertiary/aromatic N) is 2. The van der Waals surface area contributed by atoms with Crippen LogP contribution in [0.15, 0.2) is 77.2 Å². The van der Waals surface area contributed by atoms with Gasteiger partial charge in [-0.2, -0.15) is 0 Å². The number of aromatic nitrogens is 2. The topological polar surface area (TPSA) is 51.0 Å². The standard InChI is InChI=1S/C22H17ClFN3O/c1-14-10-11-18(13-19(14)24)25-20(16-8-5-9-17(23)12-16)22-27-26-21(28-22)15-6-3-2-4-7-15/h2-13,20,25H,1H3/t20-/m1/s1. The number of hydrogen-bond acceptors (Lipinski definition) is 4. The maximum absolute atomic E-state index is 14.0. The summed E-state index contributed by atoms with van der Waals surface area (Å²) in [4.78, 5) is 0. The van der Waals surface area contributed by atoms with Crippen molar-refractivity contribution in [2.45, 2.75) is 13.0 Å². The minimum absolute atomic E-state index is 0.287. The number of aryl methyl sites for hydroxylation is 1. The monoisotopic (exact) mass is 393 g/mol. The van der Waals surface area contributed by atoms with Gasteiger partial charge in [-0.05, 0) is 54.4 Å². The summed E-state index contributed by atoms with van der Waals surface area (Å²) in [7, 11) is 0. The van der Waals surface area contributed by atoms with Gasteiger partial charge in [-0.3, -0.25) is 0 Å². The molecule has 0 radical (unpaired) electrons. The molecule has 0 aliphatic carbocycles. The minimum atomic E-state index is -0.481. The Labute approximate surface area is 167 Å². The molecule has 6 heteroatoms. The zero-order valence-electron chi connectivity index (χ0n) is 15.1. The van der Waals surface area contributed by atoms with Crippen LogP contribution in [0.25, 0.3) is 11.5 Å². The van der Waals surface area contributed by atoms with Gasteiger partial charge in [0.2, 0.25) is 11.8 Å². The zero-order chi connectivity index (χ0) is 19.5. The van der Waals surface area contributed by atoms with Crippen molar-refractivity contribution >= 4 is 17.3 Å². The van der Waals surface area contributed by atoms with E-state index in [1.807, 2.05) is 54.6 Å². The normalized spacial score (nSPS) is 12.0. The van der Waals surface area contributed by atoms with Crippen molar-refractivity contribution in [3.05, 3.63) is 101 Å². The summed E-state index contributed by atoms with van der Waals surface area (Å²) in [5, 5.41) is 12.2. The van der Waals surface area contributed by atoms with E-state index in [9.17, 15) is 4.39 Å². The third kappa shape index (κ3) is 3.89. The minimum Gasteiger partial charge on any atom is -0.418 e. The van der Waals surface area contributed by atoms with Crippen LogP contribution in [0.3, 0.4) is 0 Å². The first kappa shape index (κ1) is 18.2. The molecule has 4 nitrogen and oxygen atoms in total. The van der Waals surface area contributed by atoms with Gasteiger partial charge in [-0.15, -0.1) is 10.2 Å². The summed E-state index contributed by atoms with van der Waals surface area (Å²) < 4.78 is 19.9. The first-order chi connectivity index (χ1) is 13.6. The molecule has 0 saturated carbocycles. The number of rotatable bonds is 5. The second-order valence-electron chi connectivity index (χ2n) is 6.41. The lowest BCUT2D eigenvalue weighted by Gasteiger charge is -2.17. The lowest BCUT2D eigenvalue weighted by molar-refractivity contribution is 0.494. The molecule has 0 fully saturated rings. The van der Waals surface area contributed by atoms with Crippen LogP contribution >= 0.6 is 11.6 Å². The van der Waals surface area contributed by atoms with Gasteiger partial charge in [0.15, 0.2) is 0 Å². The molecule has 4 rings (SSSR count). The van der Waals surface area contributed by atoms with Crippen molar-refractivity contribution in [3.63, 3.8) is 0 Å². The molecule has 0 spiro atoms. The average Bonchev–Trinajstić information content (AvgIpc) is 3.19. The van der Waals surface area contributed by atoms with Crippen molar-refractivity contribution in [1.82, 2.24) is 10.2 Å². The maximum Gasteiger partial charge on any atom is 0.247 e. The van der Waals surface area contributed by atoms with Gasteiger partial charge in [0, 0.05) is 16.3 Å². The molecule has 0 unspecified atom stereocenters. The quantitative estimate of drug-likeness (QED) is 0.449. The number of benzene rings is 3. The van der Waals surface area contributed by atoms with Gasteiger partial charge < -0.3 is 9.73 Å². The fraction of sp³-hybridized carbons (Fsp3) is 0.0909. The fourth-order valence-corrected chi connectivity index (χ4v) is 3.07. The highest BCUT2D eigenvalue weighted by Gasteiger charge is 2.22. The third-order valence-corrected chi connectivity index (χ3v) is 4.61. The SMILES string of the molecule is Cc1ccc(N[C@H](c2cccc(Cl)c2)c2nnc(-c3ccccc3)o2)cc1F. The molecular weight excluding hydrogens is 377 g/mol. The Bertz CT molecular complexity index is 1100. The van der Waals surface area contributed by atoms with Gasteiger partial charge in [0.1, 0.15) is 11.9 Å². The summed E-state index contributed by atoms with van der Waals surface area (Å²) in [6, 6.07) is 21.4. The molecule has 1 N–H and O–H groups in total. The van der Waals surface area contributed by atoms with Crippen molar-refractivity contribution in [2.75, 3.05) is 5.32 Å². The van der Waals surface area contributed by atoms with E-state index in [1.165, 1.54) is 6.07 Å². The summed E-state index contributed by atoms with van der Waals surface area (Å²) >= 11 is 6.17. The molecule has 0 bridgehead atoms. The number of halogens is 2.